The van der Waals surface area contributed by atoms with Gasteiger partial charge in [0.05, 0.1) is 6.61 Å². The van der Waals surface area contributed by atoms with Gasteiger partial charge in [-0.3, -0.25) is 4.79 Å². The van der Waals surface area contributed by atoms with E-state index in [2.05, 4.69) is 18.7 Å². The van der Waals surface area contributed by atoms with Gasteiger partial charge in [0, 0.05) is 22.0 Å². The highest BCUT2D eigenvalue weighted by Crippen LogP contribution is 2.44. The Morgan fingerprint density at radius 2 is 2.05 bits per heavy atom. The summed E-state index contributed by atoms with van der Waals surface area (Å²) in [5, 5.41) is 1.43. The molecule has 2 nitrogen and oxygen atoms in total. The van der Waals surface area contributed by atoms with Gasteiger partial charge in [-0.2, -0.15) is 11.8 Å². The number of ketones is 1. The lowest BCUT2D eigenvalue weighted by molar-refractivity contribution is 0.0896. The summed E-state index contributed by atoms with van der Waals surface area (Å²) in [5.74, 6) is 1.38. The number of rotatable bonds is 5. The van der Waals surface area contributed by atoms with Crippen LogP contribution >= 0.6 is 11.8 Å². The standard InChI is InChI=1S/C18H24O2S/c1-2-9-20-15-6-3-5-13(10-15)18(19)14-11-16-7-4-8-17(12-14)21-16/h3,5-6,10,14,16-17H,2,4,7-9,11-12H2,1H3. The molecule has 2 aliphatic heterocycles. The van der Waals surface area contributed by atoms with Crippen LogP contribution in [0.5, 0.6) is 5.75 Å². The molecule has 3 rings (SSSR count). The van der Waals surface area contributed by atoms with E-state index < -0.39 is 0 Å². The summed E-state index contributed by atoms with van der Waals surface area (Å²) in [7, 11) is 0. The summed E-state index contributed by atoms with van der Waals surface area (Å²) in [6, 6.07) is 7.75. The van der Waals surface area contributed by atoms with E-state index in [1.165, 1.54) is 19.3 Å². The molecule has 2 heterocycles. The molecular weight excluding hydrogens is 280 g/mol. The van der Waals surface area contributed by atoms with E-state index in [1.54, 1.807) is 0 Å². The molecule has 1 aromatic rings. The van der Waals surface area contributed by atoms with E-state index in [0.29, 0.717) is 22.9 Å². The summed E-state index contributed by atoms with van der Waals surface area (Å²) >= 11 is 2.13. The summed E-state index contributed by atoms with van der Waals surface area (Å²) in [6.07, 6.45) is 7.07. The first-order valence-electron chi connectivity index (χ1n) is 8.18. The lowest BCUT2D eigenvalue weighted by atomic mass is 9.84. The van der Waals surface area contributed by atoms with E-state index >= 15 is 0 Å². The number of carbonyl (C=O) groups is 1. The average Bonchev–Trinajstić information content (AvgIpc) is 2.52. The van der Waals surface area contributed by atoms with Gasteiger partial charge >= 0.3 is 0 Å². The number of benzene rings is 1. The van der Waals surface area contributed by atoms with Crippen LogP contribution in [0, 0.1) is 5.92 Å². The second-order valence-electron chi connectivity index (χ2n) is 6.22. The van der Waals surface area contributed by atoms with Gasteiger partial charge in [0.2, 0.25) is 0 Å². The molecule has 2 aliphatic rings. The topological polar surface area (TPSA) is 26.3 Å². The predicted molar refractivity (Wildman–Crippen MR) is 88.3 cm³/mol. The monoisotopic (exact) mass is 304 g/mol. The highest BCUT2D eigenvalue weighted by atomic mass is 32.2. The molecule has 1 aromatic carbocycles. The third kappa shape index (κ3) is 3.63. The molecule has 2 unspecified atom stereocenters. The Morgan fingerprint density at radius 1 is 1.29 bits per heavy atom. The van der Waals surface area contributed by atoms with Crippen LogP contribution < -0.4 is 4.74 Å². The third-order valence-electron chi connectivity index (χ3n) is 4.49. The summed E-state index contributed by atoms with van der Waals surface area (Å²) in [6.45, 7) is 2.80. The van der Waals surface area contributed by atoms with Crippen LogP contribution in [0.4, 0.5) is 0 Å². The second kappa shape index (κ2) is 6.87. The first kappa shape index (κ1) is 15.0. The van der Waals surface area contributed by atoms with Gasteiger partial charge in [0.25, 0.3) is 0 Å². The summed E-state index contributed by atoms with van der Waals surface area (Å²) in [4.78, 5) is 12.8. The minimum Gasteiger partial charge on any atom is -0.494 e. The van der Waals surface area contributed by atoms with Crippen molar-refractivity contribution in [2.24, 2.45) is 5.92 Å². The Labute approximate surface area is 131 Å². The lowest BCUT2D eigenvalue weighted by Crippen LogP contribution is -2.32. The fourth-order valence-electron chi connectivity index (χ4n) is 3.47. The van der Waals surface area contributed by atoms with Crippen molar-refractivity contribution in [2.45, 2.75) is 55.9 Å². The van der Waals surface area contributed by atoms with Crippen LogP contribution in [0.15, 0.2) is 24.3 Å². The normalized spacial score (nSPS) is 28.1. The van der Waals surface area contributed by atoms with Crippen molar-refractivity contribution in [3.05, 3.63) is 29.8 Å². The Balaban J connectivity index is 1.69. The molecule has 2 fully saturated rings. The van der Waals surface area contributed by atoms with Crippen LogP contribution in [-0.2, 0) is 0 Å². The summed E-state index contributed by atoms with van der Waals surface area (Å²) in [5.41, 5.74) is 0.832. The number of fused-ring (bicyclic) bond motifs is 2. The number of hydrogen-bond acceptors (Lipinski definition) is 3. The van der Waals surface area contributed by atoms with E-state index in [9.17, 15) is 4.79 Å². The van der Waals surface area contributed by atoms with Crippen molar-refractivity contribution < 1.29 is 9.53 Å². The maximum absolute atomic E-state index is 12.8. The molecule has 2 saturated heterocycles. The minimum atomic E-state index is 0.225. The average molecular weight is 304 g/mol. The highest BCUT2D eigenvalue weighted by molar-refractivity contribution is 8.00. The third-order valence-corrected chi connectivity index (χ3v) is 6.12. The molecule has 0 radical (unpaired) electrons. The van der Waals surface area contributed by atoms with Crippen molar-refractivity contribution in [3.8, 4) is 5.75 Å². The molecule has 0 aromatic heterocycles. The first-order valence-corrected chi connectivity index (χ1v) is 9.13. The molecule has 114 valence electrons. The maximum atomic E-state index is 12.8. The van der Waals surface area contributed by atoms with Crippen LogP contribution in [0.3, 0.4) is 0 Å². The molecule has 0 saturated carbocycles. The molecule has 0 aliphatic carbocycles. The molecule has 21 heavy (non-hydrogen) atoms. The second-order valence-corrected chi connectivity index (χ2v) is 7.83. The van der Waals surface area contributed by atoms with Gasteiger partial charge in [-0.25, -0.2) is 0 Å². The van der Waals surface area contributed by atoms with Crippen LogP contribution in [-0.4, -0.2) is 22.9 Å². The Morgan fingerprint density at radius 3 is 2.76 bits per heavy atom. The van der Waals surface area contributed by atoms with Gasteiger partial charge in [0.1, 0.15) is 5.75 Å². The zero-order chi connectivity index (χ0) is 14.7. The van der Waals surface area contributed by atoms with E-state index in [4.69, 9.17) is 4.74 Å². The molecule has 3 heteroatoms. The van der Waals surface area contributed by atoms with E-state index in [-0.39, 0.29) is 5.92 Å². The fraction of sp³-hybridized carbons (Fsp3) is 0.611. The molecule has 2 bridgehead atoms. The minimum absolute atomic E-state index is 0.225. The zero-order valence-electron chi connectivity index (χ0n) is 12.7. The SMILES string of the molecule is CCCOc1cccc(C(=O)C2CC3CCCC(C2)S3)c1. The van der Waals surface area contributed by atoms with Gasteiger partial charge in [-0.1, -0.05) is 25.5 Å². The van der Waals surface area contributed by atoms with Gasteiger partial charge in [0.15, 0.2) is 5.78 Å². The largest absolute Gasteiger partial charge is 0.494 e. The van der Waals surface area contributed by atoms with Crippen LogP contribution in [0.2, 0.25) is 0 Å². The molecule has 0 N–H and O–H groups in total. The van der Waals surface area contributed by atoms with Crippen LogP contribution in [0.25, 0.3) is 0 Å². The van der Waals surface area contributed by atoms with E-state index in [1.807, 2.05) is 24.3 Å². The van der Waals surface area contributed by atoms with Crippen molar-refractivity contribution in [2.75, 3.05) is 6.61 Å². The van der Waals surface area contributed by atoms with Crippen molar-refractivity contribution in [3.63, 3.8) is 0 Å². The number of carbonyl (C=O) groups excluding carboxylic acids is 1. The van der Waals surface area contributed by atoms with Gasteiger partial charge in [-0.05, 0) is 44.2 Å². The van der Waals surface area contributed by atoms with Crippen LogP contribution in [0.1, 0.15) is 55.8 Å². The highest BCUT2D eigenvalue weighted by Gasteiger charge is 2.35. The van der Waals surface area contributed by atoms with Crippen molar-refractivity contribution in [1.29, 1.82) is 0 Å². The zero-order valence-corrected chi connectivity index (χ0v) is 13.5. The number of hydrogen-bond donors (Lipinski definition) is 0. The smallest absolute Gasteiger partial charge is 0.166 e. The van der Waals surface area contributed by atoms with Crippen molar-refractivity contribution in [1.82, 2.24) is 0 Å². The molecule has 2 atom stereocenters. The first-order chi connectivity index (χ1) is 10.3. The fourth-order valence-corrected chi connectivity index (χ4v) is 5.30. The van der Waals surface area contributed by atoms with E-state index in [0.717, 1.165) is 30.6 Å². The summed E-state index contributed by atoms with van der Waals surface area (Å²) < 4.78 is 5.65. The Kier molecular flexibility index (Phi) is 4.89. The Hall–Kier alpha value is -0.960. The number of Topliss-reactive ketones (excluding diaryl/α,β-unsaturated/α-hetero) is 1. The number of ether oxygens (including phenoxy) is 1. The quantitative estimate of drug-likeness (QED) is 0.736. The Bertz CT molecular complexity index is 488. The maximum Gasteiger partial charge on any atom is 0.166 e. The predicted octanol–water partition coefficient (Wildman–Crippen LogP) is 4.72. The number of thioether (sulfide) groups is 1. The van der Waals surface area contributed by atoms with Gasteiger partial charge in [-0.15, -0.1) is 0 Å². The molecule has 0 spiro atoms. The lowest BCUT2D eigenvalue weighted by Gasteiger charge is -2.37. The molecule has 0 amide bonds. The molecular formula is C18H24O2S. The van der Waals surface area contributed by atoms with Crippen molar-refractivity contribution >= 4 is 17.5 Å². The van der Waals surface area contributed by atoms with Gasteiger partial charge < -0.3 is 4.74 Å².